The molecule has 114 valence electrons. The Bertz CT molecular complexity index is 479. The Morgan fingerprint density at radius 2 is 1.86 bits per heavy atom. The smallest absolute Gasteiger partial charge is 0.319 e. The maximum absolute atomic E-state index is 12.0. The molecule has 0 atom stereocenters. The van der Waals surface area contributed by atoms with E-state index >= 15 is 0 Å². The number of urea groups is 1. The summed E-state index contributed by atoms with van der Waals surface area (Å²) in [6.45, 7) is 0.879. The zero-order chi connectivity index (χ0) is 14.5. The molecule has 2 aliphatic rings. The number of anilines is 1. The van der Waals surface area contributed by atoms with E-state index in [0.29, 0.717) is 12.1 Å². The minimum atomic E-state index is -0.0748. The van der Waals surface area contributed by atoms with Gasteiger partial charge in [-0.25, -0.2) is 4.79 Å². The molecule has 2 saturated carbocycles. The predicted molar refractivity (Wildman–Crippen MR) is 85.3 cm³/mol. The average molecular weight is 287 g/mol. The standard InChI is InChI=1S/C17H25N3O/c21-17(19-15-6-2-1-3-7-15)20-16-8-4-5-13(11-16)12-18-14-9-10-14/h4-5,8,11,14-15,18H,1-3,6-7,9-10,12H2,(H2,19,20,21). The van der Waals surface area contributed by atoms with Crippen molar-refractivity contribution in [1.82, 2.24) is 10.6 Å². The molecule has 0 bridgehead atoms. The topological polar surface area (TPSA) is 53.2 Å². The van der Waals surface area contributed by atoms with Gasteiger partial charge in [0.05, 0.1) is 0 Å². The minimum Gasteiger partial charge on any atom is -0.335 e. The Kier molecular flexibility index (Phi) is 4.76. The monoisotopic (exact) mass is 287 g/mol. The third kappa shape index (κ3) is 4.74. The number of benzene rings is 1. The van der Waals surface area contributed by atoms with Gasteiger partial charge in [-0.3, -0.25) is 0 Å². The average Bonchev–Trinajstić information content (AvgIpc) is 3.31. The van der Waals surface area contributed by atoms with E-state index in [9.17, 15) is 4.79 Å². The van der Waals surface area contributed by atoms with E-state index in [-0.39, 0.29) is 6.03 Å². The normalized spacial score (nSPS) is 19.2. The number of nitrogens with one attached hydrogen (secondary N) is 3. The van der Waals surface area contributed by atoms with E-state index in [2.05, 4.69) is 28.1 Å². The van der Waals surface area contributed by atoms with Gasteiger partial charge in [0.2, 0.25) is 0 Å². The van der Waals surface area contributed by atoms with Gasteiger partial charge in [-0.2, -0.15) is 0 Å². The predicted octanol–water partition coefficient (Wildman–Crippen LogP) is 3.39. The molecule has 0 heterocycles. The summed E-state index contributed by atoms with van der Waals surface area (Å²) in [7, 11) is 0. The molecule has 0 aromatic heterocycles. The summed E-state index contributed by atoms with van der Waals surface area (Å²) in [5.74, 6) is 0. The van der Waals surface area contributed by atoms with Crippen molar-refractivity contribution in [1.29, 1.82) is 0 Å². The molecule has 1 aromatic carbocycles. The van der Waals surface area contributed by atoms with Gasteiger partial charge in [0.25, 0.3) is 0 Å². The fourth-order valence-electron chi connectivity index (χ4n) is 2.91. The van der Waals surface area contributed by atoms with Gasteiger partial charge >= 0.3 is 6.03 Å². The number of carbonyl (C=O) groups excluding carboxylic acids is 1. The van der Waals surface area contributed by atoms with E-state index in [4.69, 9.17) is 0 Å². The zero-order valence-corrected chi connectivity index (χ0v) is 12.5. The van der Waals surface area contributed by atoms with Gasteiger partial charge < -0.3 is 16.0 Å². The largest absolute Gasteiger partial charge is 0.335 e. The first-order chi connectivity index (χ1) is 10.3. The van der Waals surface area contributed by atoms with Crippen molar-refractivity contribution in [2.24, 2.45) is 0 Å². The van der Waals surface area contributed by atoms with Crippen LogP contribution in [0.1, 0.15) is 50.5 Å². The van der Waals surface area contributed by atoms with E-state index in [1.54, 1.807) is 0 Å². The summed E-state index contributed by atoms with van der Waals surface area (Å²) >= 11 is 0. The van der Waals surface area contributed by atoms with Crippen molar-refractivity contribution in [2.75, 3.05) is 5.32 Å². The quantitative estimate of drug-likeness (QED) is 0.777. The Morgan fingerprint density at radius 1 is 1.05 bits per heavy atom. The molecule has 0 unspecified atom stereocenters. The molecular weight excluding hydrogens is 262 g/mol. The molecule has 4 nitrogen and oxygen atoms in total. The number of rotatable bonds is 5. The highest BCUT2D eigenvalue weighted by molar-refractivity contribution is 5.89. The fourth-order valence-corrected chi connectivity index (χ4v) is 2.91. The number of hydrogen-bond donors (Lipinski definition) is 3. The molecule has 3 N–H and O–H groups in total. The van der Waals surface area contributed by atoms with Crippen molar-refractivity contribution in [2.45, 2.75) is 63.6 Å². The van der Waals surface area contributed by atoms with Crippen molar-refractivity contribution in [3.63, 3.8) is 0 Å². The van der Waals surface area contributed by atoms with E-state index in [0.717, 1.165) is 25.1 Å². The van der Waals surface area contributed by atoms with Gasteiger partial charge in [0.15, 0.2) is 0 Å². The Hall–Kier alpha value is -1.55. The second-order valence-electron chi connectivity index (χ2n) is 6.29. The lowest BCUT2D eigenvalue weighted by Crippen LogP contribution is -2.39. The van der Waals surface area contributed by atoms with Crippen LogP contribution in [0.2, 0.25) is 0 Å². The third-order valence-electron chi connectivity index (χ3n) is 4.30. The van der Waals surface area contributed by atoms with Gasteiger partial charge in [-0.1, -0.05) is 31.4 Å². The van der Waals surface area contributed by atoms with Crippen LogP contribution in [0.15, 0.2) is 24.3 Å². The molecule has 3 rings (SSSR count). The Morgan fingerprint density at radius 3 is 2.62 bits per heavy atom. The molecule has 21 heavy (non-hydrogen) atoms. The molecule has 1 aromatic rings. The summed E-state index contributed by atoms with van der Waals surface area (Å²) < 4.78 is 0. The van der Waals surface area contributed by atoms with E-state index < -0.39 is 0 Å². The van der Waals surface area contributed by atoms with Crippen LogP contribution in [0.25, 0.3) is 0 Å². The molecule has 0 aliphatic heterocycles. The summed E-state index contributed by atoms with van der Waals surface area (Å²) in [5.41, 5.74) is 2.09. The van der Waals surface area contributed by atoms with Gasteiger partial charge in [0, 0.05) is 24.3 Å². The van der Waals surface area contributed by atoms with E-state index in [1.165, 1.54) is 37.7 Å². The third-order valence-corrected chi connectivity index (χ3v) is 4.30. The number of hydrogen-bond acceptors (Lipinski definition) is 2. The highest BCUT2D eigenvalue weighted by atomic mass is 16.2. The second kappa shape index (κ2) is 6.94. The number of amides is 2. The summed E-state index contributed by atoms with van der Waals surface area (Å²) in [6.07, 6.45) is 8.57. The van der Waals surface area contributed by atoms with Gasteiger partial charge in [0.1, 0.15) is 0 Å². The molecule has 2 fully saturated rings. The molecule has 2 amide bonds. The van der Waals surface area contributed by atoms with Crippen molar-refractivity contribution in [3.05, 3.63) is 29.8 Å². The Balaban J connectivity index is 1.48. The molecule has 0 radical (unpaired) electrons. The molecule has 2 aliphatic carbocycles. The first kappa shape index (κ1) is 14.4. The van der Waals surface area contributed by atoms with Gasteiger partial charge in [-0.15, -0.1) is 0 Å². The molecular formula is C17H25N3O. The summed E-state index contributed by atoms with van der Waals surface area (Å²) in [4.78, 5) is 12.0. The molecule has 0 spiro atoms. The van der Waals surface area contributed by atoms with Crippen LogP contribution in [0.5, 0.6) is 0 Å². The maximum Gasteiger partial charge on any atom is 0.319 e. The first-order valence-corrected chi connectivity index (χ1v) is 8.19. The Labute approximate surface area is 126 Å². The van der Waals surface area contributed by atoms with Crippen LogP contribution in [-0.4, -0.2) is 18.1 Å². The molecule has 0 saturated heterocycles. The number of carbonyl (C=O) groups is 1. The van der Waals surface area contributed by atoms with Crippen LogP contribution in [0.4, 0.5) is 10.5 Å². The summed E-state index contributed by atoms with van der Waals surface area (Å²) in [5, 5.41) is 9.53. The second-order valence-corrected chi connectivity index (χ2v) is 6.29. The first-order valence-electron chi connectivity index (χ1n) is 8.19. The highest BCUT2D eigenvalue weighted by Crippen LogP contribution is 2.20. The van der Waals surface area contributed by atoms with Crippen molar-refractivity contribution in [3.8, 4) is 0 Å². The van der Waals surface area contributed by atoms with Crippen LogP contribution in [0.3, 0.4) is 0 Å². The van der Waals surface area contributed by atoms with Crippen LogP contribution < -0.4 is 16.0 Å². The lowest BCUT2D eigenvalue weighted by Gasteiger charge is -2.22. The van der Waals surface area contributed by atoms with Gasteiger partial charge in [-0.05, 0) is 43.4 Å². The van der Waals surface area contributed by atoms with Crippen molar-refractivity contribution < 1.29 is 4.79 Å². The highest BCUT2D eigenvalue weighted by Gasteiger charge is 2.20. The van der Waals surface area contributed by atoms with Crippen LogP contribution in [-0.2, 0) is 6.54 Å². The lowest BCUT2D eigenvalue weighted by molar-refractivity contribution is 0.244. The maximum atomic E-state index is 12.0. The van der Waals surface area contributed by atoms with Crippen LogP contribution >= 0.6 is 0 Å². The van der Waals surface area contributed by atoms with E-state index in [1.807, 2.05) is 12.1 Å². The summed E-state index contributed by atoms with van der Waals surface area (Å²) in [6, 6.07) is 9.07. The molecule has 4 heteroatoms. The van der Waals surface area contributed by atoms with Crippen LogP contribution in [0, 0.1) is 0 Å². The SMILES string of the molecule is O=C(Nc1cccc(CNC2CC2)c1)NC1CCCCC1. The zero-order valence-electron chi connectivity index (χ0n) is 12.5. The van der Waals surface area contributed by atoms with Crippen molar-refractivity contribution >= 4 is 11.7 Å². The minimum absolute atomic E-state index is 0.0748. The lowest BCUT2D eigenvalue weighted by atomic mass is 9.96. The fraction of sp³-hybridized carbons (Fsp3) is 0.588.